The number of pyridine rings is 1. The maximum Gasteiger partial charge on any atom is 0.212 e. The van der Waals surface area contributed by atoms with Gasteiger partial charge in [-0.05, 0) is 33.6 Å². The van der Waals surface area contributed by atoms with Gasteiger partial charge in [-0.2, -0.15) is 0 Å². The second-order valence-electron chi connectivity index (χ2n) is 4.09. The van der Waals surface area contributed by atoms with Crippen molar-refractivity contribution in [2.75, 3.05) is 12.4 Å². The topological polar surface area (TPSA) is 60.2 Å². The molecule has 104 valence electrons. The lowest BCUT2D eigenvalue weighted by molar-refractivity contribution is 0.397. The SMILES string of the molecule is COc1ccc(CNc2cccc(Br)c2C(N)=S)cn1. The van der Waals surface area contributed by atoms with Crippen molar-refractivity contribution in [1.29, 1.82) is 0 Å². The van der Waals surface area contributed by atoms with Crippen molar-refractivity contribution in [3.05, 3.63) is 52.1 Å². The number of nitrogens with zero attached hydrogens (tertiary/aromatic N) is 1. The van der Waals surface area contributed by atoms with Gasteiger partial charge in [-0.25, -0.2) is 4.98 Å². The summed E-state index contributed by atoms with van der Waals surface area (Å²) in [6.07, 6.45) is 1.77. The van der Waals surface area contributed by atoms with Crippen LogP contribution in [0.25, 0.3) is 0 Å². The fourth-order valence-electron chi connectivity index (χ4n) is 1.76. The van der Waals surface area contributed by atoms with E-state index in [1.165, 1.54) is 0 Å². The molecule has 0 saturated heterocycles. The predicted octanol–water partition coefficient (Wildman–Crippen LogP) is 3.10. The zero-order valence-corrected chi connectivity index (χ0v) is 13.3. The summed E-state index contributed by atoms with van der Waals surface area (Å²) in [5.74, 6) is 0.597. The molecule has 0 fully saturated rings. The van der Waals surface area contributed by atoms with E-state index < -0.39 is 0 Å². The third-order valence-corrected chi connectivity index (χ3v) is 3.61. The lowest BCUT2D eigenvalue weighted by Gasteiger charge is -2.12. The van der Waals surface area contributed by atoms with Crippen LogP contribution < -0.4 is 15.8 Å². The molecule has 6 heteroatoms. The average Bonchev–Trinajstić information content (AvgIpc) is 2.45. The molecule has 0 bridgehead atoms. The van der Waals surface area contributed by atoms with Gasteiger partial charge in [0.2, 0.25) is 5.88 Å². The molecule has 1 heterocycles. The highest BCUT2D eigenvalue weighted by Gasteiger charge is 2.09. The van der Waals surface area contributed by atoms with Gasteiger partial charge in [0.15, 0.2) is 0 Å². The smallest absolute Gasteiger partial charge is 0.212 e. The zero-order chi connectivity index (χ0) is 14.5. The Morgan fingerprint density at radius 3 is 2.80 bits per heavy atom. The molecule has 2 rings (SSSR count). The lowest BCUT2D eigenvalue weighted by Crippen LogP contribution is -2.14. The van der Waals surface area contributed by atoms with Crippen molar-refractivity contribution >= 4 is 38.8 Å². The number of nitrogens with one attached hydrogen (secondary N) is 1. The van der Waals surface area contributed by atoms with Crippen molar-refractivity contribution in [1.82, 2.24) is 4.98 Å². The van der Waals surface area contributed by atoms with Gasteiger partial charge >= 0.3 is 0 Å². The Morgan fingerprint density at radius 1 is 1.40 bits per heavy atom. The molecule has 0 amide bonds. The number of anilines is 1. The number of aromatic nitrogens is 1. The highest BCUT2D eigenvalue weighted by atomic mass is 79.9. The Morgan fingerprint density at radius 2 is 2.20 bits per heavy atom. The summed E-state index contributed by atoms with van der Waals surface area (Å²) >= 11 is 8.54. The van der Waals surface area contributed by atoms with Crippen LogP contribution in [0.1, 0.15) is 11.1 Å². The van der Waals surface area contributed by atoms with E-state index in [9.17, 15) is 0 Å². The van der Waals surface area contributed by atoms with Gasteiger partial charge in [0.1, 0.15) is 4.99 Å². The minimum absolute atomic E-state index is 0.354. The Balaban J connectivity index is 2.14. The molecule has 2 aromatic rings. The number of benzene rings is 1. The number of methoxy groups -OCH3 is 1. The number of rotatable bonds is 5. The summed E-state index contributed by atoms with van der Waals surface area (Å²) in [5, 5.41) is 3.31. The van der Waals surface area contributed by atoms with Gasteiger partial charge in [-0.15, -0.1) is 0 Å². The number of hydrogen-bond donors (Lipinski definition) is 2. The van der Waals surface area contributed by atoms with Gasteiger partial charge < -0.3 is 15.8 Å². The van der Waals surface area contributed by atoms with Crippen molar-refractivity contribution in [2.45, 2.75) is 6.54 Å². The molecule has 1 aromatic carbocycles. The summed E-state index contributed by atoms with van der Waals surface area (Å²) < 4.78 is 5.90. The Bertz CT molecular complexity index is 616. The molecule has 1 aromatic heterocycles. The quantitative estimate of drug-likeness (QED) is 0.810. The number of ether oxygens (including phenoxy) is 1. The molecule has 0 atom stereocenters. The fourth-order valence-corrected chi connectivity index (χ4v) is 2.69. The molecular formula is C14H14BrN3OS. The number of hydrogen-bond acceptors (Lipinski definition) is 4. The van der Waals surface area contributed by atoms with E-state index in [0.717, 1.165) is 21.3 Å². The van der Waals surface area contributed by atoms with E-state index in [-0.39, 0.29) is 0 Å². The van der Waals surface area contributed by atoms with Crippen LogP contribution in [0.4, 0.5) is 5.69 Å². The number of nitrogens with two attached hydrogens (primary N) is 1. The van der Waals surface area contributed by atoms with Gasteiger partial charge in [-0.1, -0.05) is 24.4 Å². The third kappa shape index (κ3) is 3.46. The van der Waals surface area contributed by atoms with E-state index in [1.54, 1.807) is 13.3 Å². The standard InChI is InChI=1S/C14H14BrN3OS/c1-19-12-6-5-9(8-18-12)7-17-11-4-2-3-10(15)13(11)14(16)20/h2-6,8,17H,7H2,1H3,(H2,16,20). The minimum atomic E-state index is 0.354. The van der Waals surface area contributed by atoms with Gasteiger partial charge in [0.25, 0.3) is 0 Å². The van der Waals surface area contributed by atoms with Gasteiger partial charge in [0, 0.05) is 34.5 Å². The molecule has 0 radical (unpaired) electrons. The zero-order valence-electron chi connectivity index (χ0n) is 10.9. The minimum Gasteiger partial charge on any atom is -0.481 e. The van der Waals surface area contributed by atoms with E-state index in [4.69, 9.17) is 22.7 Å². The highest BCUT2D eigenvalue weighted by molar-refractivity contribution is 9.10. The van der Waals surface area contributed by atoms with Crippen molar-refractivity contribution < 1.29 is 4.74 Å². The Labute approximate surface area is 131 Å². The molecular weight excluding hydrogens is 338 g/mol. The van der Waals surface area contributed by atoms with Crippen LogP contribution in [0.3, 0.4) is 0 Å². The summed E-state index contributed by atoms with van der Waals surface area (Å²) in [6.45, 7) is 0.628. The first-order valence-corrected chi connectivity index (χ1v) is 7.13. The predicted molar refractivity (Wildman–Crippen MR) is 88.1 cm³/mol. The number of thiocarbonyl (C=S) groups is 1. The second kappa shape index (κ2) is 6.67. The van der Waals surface area contributed by atoms with Crippen molar-refractivity contribution in [2.24, 2.45) is 5.73 Å². The Kier molecular flexibility index (Phi) is 4.92. The van der Waals surface area contributed by atoms with Gasteiger partial charge in [-0.3, -0.25) is 0 Å². The molecule has 0 aliphatic rings. The molecule has 0 aliphatic heterocycles. The first-order chi connectivity index (χ1) is 9.61. The molecule has 0 saturated carbocycles. The van der Waals surface area contributed by atoms with E-state index in [0.29, 0.717) is 17.4 Å². The highest BCUT2D eigenvalue weighted by Crippen LogP contribution is 2.25. The molecule has 4 nitrogen and oxygen atoms in total. The van der Waals surface area contributed by atoms with Crippen molar-refractivity contribution in [3.8, 4) is 5.88 Å². The van der Waals surface area contributed by atoms with Crippen LogP contribution in [0.5, 0.6) is 5.88 Å². The summed E-state index contributed by atoms with van der Waals surface area (Å²) in [4.78, 5) is 4.52. The summed E-state index contributed by atoms with van der Waals surface area (Å²) in [6, 6.07) is 9.56. The van der Waals surface area contributed by atoms with Crippen LogP contribution in [0, 0.1) is 0 Å². The largest absolute Gasteiger partial charge is 0.481 e. The molecule has 20 heavy (non-hydrogen) atoms. The molecule has 0 unspecified atom stereocenters. The van der Waals surface area contributed by atoms with Crippen LogP contribution in [-0.4, -0.2) is 17.1 Å². The monoisotopic (exact) mass is 351 g/mol. The van der Waals surface area contributed by atoms with E-state index >= 15 is 0 Å². The summed E-state index contributed by atoms with van der Waals surface area (Å²) in [5.41, 5.74) is 8.50. The van der Waals surface area contributed by atoms with Gasteiger partial charge in [0.05, 0.1) is 7.11 Å². The fraction of sp³-hybridized carbons (Fsp3) is 0.143. The number of halogens is 1. The first kappa shape index (κ1) is 14.7. The molecule has 0 spiro atoms. The van der Waals surface area contributed by atoms with Crippen LogP contribution in [-0.2, 0) is 6.54 Å². The van der Waals surface area contributed by atoms with Crippen LogP contribution >= 0.6 is 28.1 Å². The normalized spacial score (nSPS) is 10.1. The first-order valence-electron chi connectivity index (χ1n) is 5.93. The maximum absolute atomic E-state index is 5.75. The van der Waals surface area contributed by atoms with E-state index in [2.05, 4.69) is 26.2 Å². The summed E-state index contributed by atoms with van der Waals surface area (Å²) in [7, 11) is 1.59. The van der Waals surface area contributed by atoms with Crippen LogP contribution in [0.2, 0.25) is 0 Å². The van der Waals surface area contributed by atoms with Crippen molar-refractivity contribution in [3.63, 3.8) is 0 Å². The average molecular weight is 352 g/mol. The lowest BCUT2D eigenvalue weighted by atomic mass is 10.1. The maximum atomic E-state index is 5.75. The third-order valence-electron chi connectivity index (χ3n) is 2.75. The second-order valence-corrected chi connectivity index (χ2v) is 5.38. The molecule has 3 N–H and O–H groups in total. The van der Waals surface area contributed by atoms with Crippen LogP contribution in [0.15, 0.2) is 41.0 Å². The Hall–Kier alpha value is -1.66. The molecule has 0 aliphatic carbocycles. The van der Waals surface area contributed by atoms with E-state index in [1.807, 2.05) is 30.3 Å².